The van der Waals surface area contributed by atoms with E-state index >= 15 is 0 Å². The molecule has 0 spiro atoms. The minimum absolute atomic E-state index is 0.00736. The van der Waals surface area contributed by atoms with Crippen molar-refractivity contribution in [3.8, 4) is 0 Å². The lowest BCUT2D eigenvalue weighted by molar-refractivity contribution is 0.0116. The summed E-state index contributed by atoms with van der Waals surface area (Å²) >= 11 is 0. The summed E-state index contributed by atoms with van der Waals surface area (Å²) in [5.74, 6) is 0. The monoisotopic (exact) mass is 184 g/mol. The highest BCUT2D eigenvalue weighted by Crippen LogP contribution is 2.24. The summed E-state index contributed by atoms with van der Waals surface area (Å²) in [6.07, 6.45) is 5.26. The van der Waals surface area contributed by atoms with Crippen molar-refractivity contribution in [2.45, 2.75) is 37.9 Å². The molecule has 2 aliphatic rings. The van der Waals surface area contributed by atoms with Crippen molar-refractivity contribution in [2.75, 3.05) is 13.2 Å². The molecule has 3 heteroatoms. The molecular formula is C10H16O3. The molecule has 13 heavy (non-hydrogen) atoms. The van der Waals surface area contributed by atoms with Crippen LogP contribution in [-0.2, 0) is 9.47 Å². The fourth-order valence-electron chi connectivity index (χ4n) is 1.89. The molecule has 2 rings (SSSR count). The van der Waals surface area contributed by atoms with Crippen LogP contribution < -0.4 is 0 Å². The summed E-state index contributed by atoms with van der Waals surface area (Å²) < 4.78 is 10.6. The molecule has 0 saturated carbocycles. The molecule has 1 saturated heterocycles. The topological polar surface area (TPSA) is 38.7 Å². The maximum absolute atomic E-state index is 9.90. The standard InChI is InChI=1S/C10H16O3/c11-10(9-4-2-6-13-9)8-3-1-5-12-7-8/h7,9-11H,1-6H2. The summed E-state index contributed by atoms with van der Waals surface area (Å²) in [5, 5.41) is 9.90. The van der Waals surface area contributed by atoms with E-state index in [-0.39, 0.29) is 6.10 Å². The third-order valence-corrected chi connectivity index (χ3v) is 2.66. The van der Waals surface area contributed by atoms with Crippen LogP contribution in [0.4, 0.5) is 0 Å². The lowest BCUT2D eigenvalue weighted by Gasteiger charge is -2.22. The van der Waals surface area contributed by atoms with Crippen LogP contribution in [-0.4, -0.2) is 30.5 Å². The molecule has 2 atom stereocenters. The van der Waals surface area contributed by atoms with Gasteiger partial charge in [0, 0.05) is 6.61 Å². The zero-order chi connectivity index (χ0) is 9.10. The fourth-order valence-corrected chi connectivity index (χ4v) is 1.89. The van der Waals surface area contributed by atoms with Gasteiger partial charge >= 0.3 is 0 Å². The fraction of sp³-hybridized carbons (Fsp3) is 0.800. The van der Waals surface area contributed by atoms with Crippen molar-refractivity contribution in [3.63, 3.8) is 0 Å². The molecule has 74 valence electrons. The van der Waals surface area contributed by atoms with Gasteiger partial charge in [-0.05, 0) is 31.3 Å². The quantitative estimate of drug-likeness (QED) is 0.701. The van der Waals surface area contributed by atoms with Gasteiger partial charge in [-0.15, -0.1) is 0 Å². The molecule has 0 amide bonds. The first-order chi connectivity index (χ1) is 6.38. The van der Waals surface area contributed by atoms with E-state index in [9.17, 15) is 5.11 Å². The third-order valence-electron chi connectivity index (χ3n) is 2.66. The van der Waals surface area contributed by atoms with Gasteiger partial charge in [0.05, 0.1) is 19.0 Å². The maximum atomic E-state index is 9.90. The Kier molecular flexibility index (Phi) is 2.86. The predicted octanol–water partition coefficient (Wildman–Crippen LogP) is 1.22. The highest BCUT2D eigenvalue weighted by atomic mass is 16.5. The Labute approximate surface area is 78.3 Å². The minimum atomic E-state index is -0.442. The number of aliphatic hydroxyl groups is 1. The van der Waals surface area contributed by atoms with E-state index < -0.39 is 6.10 Å². The van der Waals surface area contributed by atoms with E-state index in [1.807, 2.05) is 0 Å². The van der Waals surface area contributed by atoms with E-state index in [2.05, 4.69) is 0 Å². The molecule has 0 bridgehead atoms. The molecule has 2 heterocycles. The molecule has 0 aromatic rings. The smallest absolute Gasteiger partial charge is 0.104 e. The Morgan fingerprint density at radius 3 is 2.92 bits per heavy atom. The van der Waals surface area contributed by atoms with Gasteiger partial charge in [0.1, 0.15) is 6.10 Å². The molecule has 2 aliphatic heterocycles. The second-order valence-electron chi connectivity index (χ2n) is 3.66. The van der Waals surface area contributed by atoms with E-state index in [0.717, 1.165) is 44.5 Å². The molecule has 0 aromatic carbocycles. The van der Waals surface area contributed by atoms with Crippen molar-refractivity contribution in [3.05, 3.63) is 11.8 Å². The highest BCUT2D eigenvalue weighted by molar-refractivity contribution is 5.09. The second kappa shape index (κ2) is 4.11. The first-order valence-corrected chi connectivity index (χ1v) is 4.98. The Morgan fingerprint density at radius 1 is 1.38 bits per heavy atom. The van der Waals surface area contributed by atoms with Gasteiger partial charge in [-0.3, -0.25) is 0 Å². The van der Waals surface area contributed by atoms with Gasteiger partial charge in [0.2, 0.25) is 0 Å². The van der Waals surface area contributed by atoms with Crippen molar-refractivity contribution in [2.24, 2.45) is 0 Å². The van der Waals surface area contributed by atoms with Crippen LogP contribution in [0.25, 0.3) is 0 Å². The number of hydrogen-bond acceptors (Lipinski definition) is 3. The summed E-state index contributed by atoms with van der Waals surface area (Å²) in [7, 11) is 0. The Bertz CT molecular complexity index is 194. The summed E-state index contributed by atoms with van der Waals surface area (Å²) in [6, 6.07) is 0. The third kappa shape index (κ3) is 2.03. The zero-order valence-electron chi connectivity index (χ0n) is 7.74. The lowest BCUT2D eigenvalue weighted by atomic mass is 9.99. The van der Waals surface area contributed by atoms with Gasteiger partial charge < -0.3 is 14.6 Å². The molecule has 0 aromatic heterocycles. The number of hydrogen-bond donors (Lipinski definition) is 1. The van der Waals surface area contributed by atoms with Crippen molar-refractivity contribution in [1.29, 1.82) is 0 Å². The Morgan fingerprint density at radius 2 is 2.31 bits per heavy atom. The van der Waals surface area contributed by atoms with Crippen molar-refractivity contribution < 1.29 is 14.6 Å². The highest BCUT2D eigenvalue weighted by Gasteiger charge is 2.27. The average Bonchev–Trinajstić information content (AvgIpc) is 2.71. The Hall–Kier alpha value is -0.540. The number of ether oxygens (including phenoxy) is 2. The van der Waals surface area contributed by atoms with Crippen LogP contribution in [0.5, 0.6) is 0 Å². The van der Waals surface area contributed by atoms with Crippen molar-refractivity contribution >= 4 is 0 Å². The predicted molar refractivity (Wildman–Crippen MR) is 48.2 cm³/mol. The normalized spacial score (nSPS) is 30.8. The summed E-state index contributed by atoms with van der Waals surface area (Å²) in [6.45, 7) is 1.57. The summed E-state index contributed by atoms with van der Waals surface area (Å²) in [5.41, 5.74) is 0.998. The van der Waals surface area contributed by atoms with Gasteiger partial charge in [-0.2, -0.15) is 0 Å². The van der Waals surface area contributed by atoms with E-state index in [1.54, 1.807) is 6.26 Å². The average molecular weight is 184 g/mol. The van der Waals surface area contributed by atoms with Crippen LogP contribution >= 0.6 is 0 Å². The van der Waals surface area contributed by atoms with Crippen LogP contribution in [0.2, 0.25) is 0 Å². The minimum Gasteiger partial charge on any atom is -0.501 e. The van der Waals surface area contributed by atoms with Crippen LogP contribution in [0, 0.1) is 0 Å². The molecule has 0 aliphatic carbocycles. The molecule has 0 radical (unpaired) electrons. The molecule has 2 unspecified atom stereocenters. The molecule has 3 nitrogen and oxygen atoms in total. The molecule has 1 N–H and O–H groups in total. The summed E-state index contributed by atoms with van der Waals surface area (Å²) in [4.78, 5) is 0. The second-order valence-corrected chi connectivity index (χ2v) is 3.66. The van der Waals surface area contributed by atoms with Crippen LogP contribution in [0.3, 0.4) is 0 Å². The number of rotatable bonds is 2. The number of aliphatic hydroxyl groups excluding tert-OH is 1. The van der Waals surface area contributed by atoms with Gasteiger partial charge in [0.15, 0.2) is 0 Å². The first-order valence-electron chi connectivity index (χ1n) is 4.98. The maximum Gasteiger partial charge on any atom is 0.104 e. The Balaban J connectivity index is 1.94. The van der Waals surface area contributed by atoms with E-state index in [1.165, 1.54) is 0 Å². The first kappa shape index (κ1) is 9.03. The lowest BCUT2D eigenvalue weighted by Crippen LogP contribution is -2.28. The largest absolute Gasteiger partial charge is 0.501 e. The molecule has 1 fully saturated rings. The van der Waals surface area contributed by atoms with Crippen molar-refractivity contribution in [1.82, 2.24) is 0 Å². The van der Waals surface area contributed by atoms with Gasteiger partial charge in [0.25, 0.3) is 0 Å². The van der Waals surface area contributed by atoms with Crippen LogP contribution in [0.1, 0.15) is 25.7 Å². The van der Waals surface area contributed by atoms with E-state index in [0.29, 0.717) is 0 Å². The molecular weight excluding hydrogens is 168 g/mol. The zero-order valence-corrected chi connectivity index (χ0v) is 7.74. The SMILES string of the molecule is OC(C1=COCCC1)C1CCCO1. The van der Waals surface area contributed by atoms with Gasteiger partial charge in [-0.25, -0.2) is 0 Å². The van der Waals surface area contributed by atoms with E-state index in [4.69, 9.17) is 9.47 Å². The van der Waals surface area contributed by atoms with Crippen LogP contribution in [0.15, 0.2) is 11.8 Å². The van der Waals surface area contributed by atoms with Gasteiger partial charge in [-0.1, -0.05) is 0 Å².